The Kier molecular flexibility index (Phi) is 6.47. The van der Waals surface area contributed by atoms with Gasteiger partial charge in [0.1, 0.15) is 11.9 Å². The van der Waals surface area contributed by atoms with Gasteiger partial charge in [-0.2, -0.15) is 5.10 Å². The van der Waals surface area contributed by atoms with Crippen molar-refractivity contribution in [3.05, 3.63) is 65.6 Å². The molecule has 1 fully saturated rings. The normalized spacial score (nSPS) is 17.2. The highest BCUT2D eigenvalue weighted by atomic mass is 19.1. The number of amides is 2. The summed E-state index contributed by atoms with van der Waals surface area (Å²) >= 11 is 0. The molecule has 2 heterocycles. The van der Waals surface area contributed by atoms with Crippen LogP contribution in [0.4, 0.5) is 4.39 Å². The number of aromatic nitrogens is 2. The van der Waals surface area contributed by atoms with Crippen LogP contribution in [0.25, 0.3) is 10.9 Å². The number of para-hydroxylation sites is 1. The third kappa shape index (κ3) is 5.22. The number of benzene rings is 2. The van der Waals surface area contributed by atoms with Gasteiger partial charge in [-0.1, -0.05) is 51.1 Å². The summed E-state index contributed by atoms with van der Waals surface area (Å²) in [6.07, 6.45) is 0.759. The van der Waals surface area contributed by atoms with Crippen LogP contribution in [-0.4, -0.2) is 46.9 Å². The van der Waals surface area contributed by atoms with E-state index in [9.17, 15) is 14.0 Å². The highest BCUT2D eigenvalue weighted by Crippen LogP contribution is 2.23. The molecule has 0 radical (unpaired) electrons. The van der Waals surface area contributed by atoms with E-state index >= 15 is 0 Å². The first-order valence-electron chi connectivity index (χ1n) is 11.1. The molecular formula is C25H29FN4O3. The van der Waals surface area contributed by atoms with Crippen molar-refractivity contribution in [2.24, 2.45) is 5.41 Å². The Morgan fingerprint density at radius 1 is 1.18 bits per heavy atom. The summed E-state index contributed by atoms with van der Waals surface area (Å²) in [5.41, 5.74) is 1.39. The van der Waals surface area contributed by atoms with Gasteiger partial charge >= 0.3 is 0 Å². The lowest BCUT2D eigenvalue weighted by molar-refractivity contribution is -0.126. The summed E-state index contributed by atoms with van der Waals surface area (Å²) in [6.45, 7) is 7.22. The van der Waals surface area contributed by atoms with Crippen LogP contribution in [0.5, 0.6) is 0 Å². The first-order valence-corrected chi connectivity index (χ1v) is 11.1. The Morgan fingerprint density at radius 2 is 1.91 bits per heavy atom. The number of halogens is 1. The van der Waals surface area contributed by atoms with Gasteiger partial charge in [0.2, 0.25) is 5.91 Å². The molecule has 2 atom stereocenters. The standard InChI is InChI=1S/C25H29FN4O3/c1-25(2,3)22(24(32)27-18-12-13-33-15-18)28-23(31)21-19-6-4-5-7-20(19)30(29-21)14-16-8-10-17(26)11-9-16/h4-11,18,22H,12-15H2,1-3H3,(H,27,32)(H,28,31)/t18?,22-/m1/s1. The molecule has 1 aliphatic rings. The van der Waals surface area contributed by atoms with Gasteiger partial charge < -0.3 is 15.4 Å². The van der Waals surface area contributed by atoms with Gasteiger partial charge in [-0.25, -0.2) is 4.39 Å². The van der Waals surface area contributed by atoms with Crippen LogP contribution in [0.3, 0.4) is 0 Å². The molecule has 2 amide bonds. The van der Waals surface area contributed by atoms with Crippen molar-refractivity contribution in [1.29, 1.82) is 0 Å². The van der Waals surface area contributed by atoms with E-state index < -0.39 is 17.4 Å². The first-order chi connectivity index (χ1) is 15.7. The molecule has 33 heavy (non-hydrogen) atoms. The molecule has 0 aliphatic carbocycles. The average Bonchev–Trinajstić information content (AvgIpc) is 3.41. The Morgan fingerprint density at radius 3 is 2.58 bits per heavy atom. The van der Waals surface area contributed by atoms with Crippen molar-refractivity contribution in [2.75, 3.05) is 13.2 Å². The molecule has 174 valence electrons. The van der Waals surface area contributed by atoms with Crippen LogP contribution >= 0.6 is 0 Å². The molecular weight excluding hydrogens is 423 g/mol. The minimum absolute atomic E-state index is 0.0463. The van der Waals surface area contributed by atoms with E-state index in [0.717, 1.165) is 17.5 Å². The van der Waals surface area contributed by atoms with E-state index in [4.69, 9.17) is 4.74 Å². The SMILES string of the molecule is CC(C)(C)[C@H](NC(=O)c1nn(Cc2ccc(F)cc2)c2ccccc12)C(=O)NC1CCOC1. The van der Waals surface area contributed by atoms with E-state index in [1.165, 1.54) is 12.1 Å². The summed E-state index contributed by atoms with van der Waals surface area (Å²) in [6, 6.07) is 12.8. The zero-order valence-electron chi connectivity index (χ0n) is 19.1. The first kappa shape index (κ1) is 22.9. The number of fused-ring (bicyclic) bond motifs is 1. The molecule has 1 saturated heterocycles. The Labute approximate surface area is 192 Å². The molecule has 8 heteroatoms. The minimum atomic E-state index is -0.744. The summed E-state index contributed by atoms with van der Waals surface area (Å²) < 4.78 is 20.4. The summed E-state index contributed by atoms with van der Waals surface area (Å²) in [7, 11) is 0. The number of ether oxygens (including phenoxy) is 1. The van der Waals surface area contributed by atoms with E-state index in [1.807, 2.05) is 45.0 Å². The van der Waals surface area contributed by atoms with Crippen molar-refractivity contribution in [3.63, 3.8) is 0 Å². The Bertz CT molecular complexity index is 1140. The van der Waals surface area contributed by atoms with Crippen LogP contribution in [0.2, 0.25) is 0 Å². The lowest BCUT2D eigenvalue weighted by atomic mass is 9.85. The van der Waals surface area contributed by atoms with Gasteiger partial charge in [-0.3, -0.25) is 14.3 Å². The lowest BCUT2D eigenvalue weighted by Gasteiger charge is -2.31. The molecule has 1 aliphatic heterocycles. The van der Waals surface area contributed by atoms with Gasteiger partial charge in [0.05, 0.1) is 24.7 Å². The zero-order valence-corrected chi connectivity index (χ0v) is 19.1. The van der Waals surface area contributed by atoms with Gasteiger partial charge in [0.25, 0.3) is 5.91 Å². The summed E-state index contributed by atoms with van der Waals surface area (Å²) in [5.74, 6) is -0.956. The fourth-order valence-corrected chi connectivity index (χ4v) is 3.99. The van der Waals surface area contributed by atoms with Gasteiger partial charge in [0, 0.05) is 12.0 Å². The van der Waals surface area contributed by atoms with E-state index in [0.29, 0.717) is 25.1 Å². The predicted molar refractivity (Wildman–Crippen MR) is 123 cm³/mol. The fourth-order valence-electron chi connectivity index (χ4n) is 3.99. The minimum Gasteiger partial charge on any atom is -0.379 e. The second-order valence-electron chi connectivity index (χ2n) is 9.49. The van der Waals surface area contributed by atoms with Gasteiger partial charge in [0.15, 0.2) is 5.69 Å². The highest BCUT2D eigenvalue weighted by molar-refractivity contribution is 6.06. The molecule has 2 aromatic carbocycles. The lowest BCUT2D eigenvalue weighted by Crippen LogP contribution is -2.55. The third-order valence-electron chi connectivity index (χ3n) is 5.80. The Balaban J connectivity index is 1.59. The molecule has 0 saturated carbocycles. The van der Waals surface area contributed by atoms with E-state index in [2.05, 4.69) is 15.7 Å². The monoisotopic (exact) mass is 452 g/mol. The molecule has 4 rings (SSSR count). The fraction of sp³-hybridized carbons (Fsp3) is 0.400. The average molecular weight is 453 g/mol. The topological polar surface area (TPSA) is 85.2 Å². The highest BCUT2D eigenvalue weighted by Gasteiger charge is 2.35. The predicted octanol–water partition coefficient (Wildman–Crippen LogP) is 3.27. The summed E-state index contributed by atoms with van der Waals surface area (Å²) in [5, 5.41) is 11.1. The van der Waals surface area contributed by atoms with Crippen molar-refractivity contribution < 1.29 is 18.7 Å². The maximum atomic E-state index is 13.3. The molecule has 1 aromatic heterocycles. The van der Waals surface area contributed by atoms with Crippen molar-refractivity contribution in [1.82, 2.24) is 20.4 Å². The summed E-state index contributed by atoms with van der Waals surface area (Å²) in [4.78, 5) is 26.3. The molecule has 0 spiro atoms. The zero-order chi connectivity index (χ0) is 23.6. The molecule has 1 unspecified atom stereocenters. The molecule has 3 aromatic rings. The molecule has 0 bridgehead atoms. The number of hydrogen-bond donors (Lipinski definition) is 2. The smallest absolute Gasteiger partial charge is 0.273 e. The largest absolute Gasteiger partial charge is 0.379 e. The number of rotatable bonds is 6. The van der Waals surface area contributed by atoms with Crippen LogP contribution in [-0.2, 0) is 16.1 Å². The number of hydrogen-bond acceptors (Lipinski definition) is 4. The van der Waals surface area contributed by atoms with E-state index in [-0.39, 0.29) is 23.5 Å². The van der Waals surface area contributed by atoms with Crippen molar-refractivity contribution >= 4 is 22.7 Å². The maximum Gasteiger partial charge on any atom is 0.273 e. The second-order valence-corrected chi connectivity index (χ2v) is 9.49. The maximum absolute atomic E-state index is 13.3. The van der Waals surface area contributed by atoms with Crippen LogP contribution in [0, 0.1) is 11.2 Å². The van der Waals surface area contributed by atoms with Gasteiger partial charge in [-0.15, -0.1) is 0 Å². The third-order valence-corrected chi connectivity index (χ3v) is 5.80. The quantitative estimate of drug-likeness (QED) is 0.601. The van der Waals surface area contributed by atoms with Crippen LogP contribution in [0.15, 0.2) is 48.5 Å². The number of nitrogens with zero attached hydrogens (tertiary/aromatic N) is 2. The Hall–Kier alpha value is -3.26. The molecule has 2 N–H and O–H groups in total. The van der Waals surface area contributed by atoms with Crippen LogP contribution < -0.4 is 10.6 Å². The van der Waals surface area contributed by atoms with E-state index in [1.54, 1.807) is 16.8 Å². The number of carbonyl (C=O) groups is 2. The van der Waals surface area contributed by atoms with Crippen LogP contribution in [0.1, 0.15) is 43.2 Å². The van der Waals surface area contributed by atoms with Crippen molar-refractivity contribution in [3.8, 4) is 0 Å². The van der Waals surface area contributed by atoms with Crippen molar-refractivity contribution in [2.45, 2.75) is 45.8 Å². The number of carbonyl (C=O) groups excluding carboxylic acids is 2. The van der Waals surface area contributed by atoms with Gasteiger partial charge in [-0.05, 0) is 35.6 Å². The number of nitrogens with one attached hydrogen (secondary N) is 2. The molecule has 7 nitrogen and oxygen atoms in total. The second kappa shape index (κ2) is 9.31.